The van der Waals surface area contributed by atoms with E-state index in [2.05, 4.69) is 34.9 Å². The van der Waals surface area contributed by atoms with E-state index in [-0.39, 0.29) is 11.5 Å². The van der Waals surface area contributed by atoms with Crippen LogP contribution in [0.3, 0.4) is 0 Å². The molecule has 0 saturated carbocycles. The SMILES string of the molecule is COc1cc(C)c(-c2nc3ccccc3c(=O)n2N=Cc2cc(Cl)c(OCc3ccc(C)cc3)c(Br)c2)cc1C(C)C. The minimum absolute atomic E-state index is 0.203. The Morgan fingerprint density at radius 3 is 2.48 bits per heavy atom. The first kappa shape index (κ1) is 29.5. The maximum absolute atomic E-state index is 13.8. The highest BCUT2D eigenvalue weighted by atomic mass is 79.9. The molecule has 0 unspecified atom stereocenters. The topological polar surface area (TPSA) is 65.7 Å². The van der Waals surface area contributed by atoms with Crippen molar-refractivity contribution in [1.82, 2.24) is 9.66 Å². The molecule has 8 heteroatoms. The molecule has 0 amide bonds. The number of fused-ring (bicyclic) bond motifs is 1. The lowest BCUT2D eigenvalue weighted by molar-refractivity contribution is 0.304. The molecule has 5 aromatic rings. The minimum atomic E-state index is -0.267. The largest absolute Gasteiger partial charge is 0.496 e. The zero-order valence-electron chi connectivity index (χ0n) is 24.1. The van der Waals surface area contributed by atoms with E-state index in [0.717, 1.165) is 28.0 Å². The number of methoxy groups -OCH3 is 1. The molecule has 5 rings (SSSR count). The molecule has 0 atom stereocenters. The van der Waals surface area contributed by atoms with E-state index < -0.39 is 0 Å². The molecule has 0 aliphatic heterocycles. The quantitative estimate of drug-likeness (QED) is 0.159. The van der Waals surface area contributed by atoms with Crippen molar-refractivity contribution in [1.29, 1.82) is 0 Å². The van der Waals surface area contributed by atoms with Crippen LogP contribution in [0, 0.1) is 13.8 Å². The van der Waals surface area contributed by atoms with E-state index in [9.17, 15) is 4.79 Å². The average Bonchev–Trinajstić information content (AvgIpc) is 2.96. The maximum atomic E-state index is 13.8. The fraction of sp³-hybridized carbons (Fsp3) is 0.206. The average molecular weight is 645 g/mol. The number of para-hydroxylation sites is 1. The number of nitrogens with zero attached hydrogens (tertiary/aromatic N) is 3. The second kappa shape index (κ2) is 12.5. The van der Waals surface area contributed by atoms with Gasteiger partial charge < -0.3 is 9.47 Å². The molecule has 4 aromatic carbocycles. The van der Waals surface area contributed by atoms with Crippen molar-refractivity contribution in [2.24, 2.45) is 5.10 Å². The van der Waals surface area contributed by atoms with Crippen molar-refractivity contribution in [3.05, 3.63) is 120 Å². The lowest BCUT2D eigenvalue weighted by Gasteiger charge is -2.17. The maximum Gasteiger partial charge on any atom is 0.282 e. The summed E-state index contributed by atoms with van der Waals surface area (Å²) in [7, 11) is 1.66. The first-order valence-corrected chi connectivity index (χ1v) is 14.8. The Bertz CT molecular complexity index is 1840. The number of benzene rings is 4. The van der Waals surface area contributed by atoms with Crippen molar-refractivity contribution < 1.29 is 9.47 Å². The van der Waals surface area contributed by atoms with Gasteiger partial charge in [-0.15, -0.1) is 0 Å². The van der Waals surface area contributed by atoms with Gasteiger partial charge in [0.1, 0.15) is 12.4 Å². The lowest BCUT2D eigenvalue weighted by atomic mass is 9.96. The highest BCUT2D eigenvalue weighted by molar-refractivity contribution is 9.10. The highest BCUT2D eigenvalue weighted by Gasteiger charge is 2.18. The molecule has 0 fully saturated rings. The molecule has 1 aromatic heterocycles. The van der Waals surface area contributed by atoms with E-state index in [1.54, 1.807) is 25.5 Å². The first-order chi connectivity index (χ1) is 20.2. The van der Waals surface area contributed by atoms with Gasteiger partial charge in [-0.3, -0.25) is 4.79 Å². The second-order valence-electron chi connectivity index (χ2n) is 10.5. The van der Waals surface area contributed by atoms with Gasteiger partial charge in [0.15, 0.2) is 11.6 Å². The van der Waals surface area contributed by atoms with E-state index in [4.69, 9.17) is 26.1 Å². The number of ether oxygens (including phenoxy) is 2. The van der Waals surface area contributed by atoms with Gasteiger partial charge in [0.05, 0.1) is 33.7 Å². The van der Waals surface area contributed by atoms with Crippen molar-refractivity contribution in [2.45, 2.75) is 40.2 Å². The Labute approximate surface area is 258 Å². The molecular formula is C34H31BrClN3O3. The summed E-state index contributed by atoms with van der Waals surface area (Å²) in [5.41, 5.74) is 6.00. The summed E-state index contributed by atoms with van der Waals surface area (Å²) in [6.45, 7) is 8.61. The molecular weight excluding hydrogens is 614 g/mol. The van der Waals surface area contributed by atoms with Gasteiger partial charge in [0.2, 0.25) is 0 Å². The van der Waals surface area contributed by atoms with Crippen molar-refractivity contribution in [3.63, 3.8) is 0 Å². The normalized spacial score (nSPS) is 11.5. The number of hydrogen-bond acceptors (Lipinski definition) is 5. The molecule has 0 N–H and O–H groups in total. The molecule has 0 aliphatic carbocycles. The van der Waals surface area contributed by atoms with Gasteiger partial charge >= 0.3 is 0 Å². The van der Waals surface area contributed by atoms with E-state index in [1.165, 1.54) is 10.2 Å². The summed E-state index contributed by atoms with van der Waals surface area (Å²) in [6, 6.07) is 23.1. The van der Waals surface area contributed by atoms with Crippen LogP contribution in [-0.4, -0.2) is 23.0 Å². The van der Waals surface area contributed by atoms with Crippen LogP contribution in [0.4, 0.5) is 0 Å². The summed E-state index contributed by atoms with van der Waals surface area (Å²) in [6.07, 6.45) is 1.60. The van der Waals surface area contributed by atoms with Crippen LogP contribution in [-0.2, 0) is 6.61 Å². The van der Waals surface area contributed by atoms with Gasteiger partial charge in [-0.25, -0.2) is 4.98 Å². The molecule has 0 saturated heterocycles. The number of aromatic nitrogens is 2. The molecule has 214 valence electrons. The predicted molar refractivity (Wildman–Crippen MR) is 174 cm³/mol. The van der Waals surface area contributed by atoms with Crippen LogP contribution in [0.5, 0.6) is 11.5 Å². The molecule has 6 nitrogen and oxygen atoms in total. The van der Waals surface area contributed by atoms with Crippen LogP contribution in [0.2, 0.25) is 5.02 Å². The van der Waals surface area contributed by atoms with Crippen LogP contribution in [0.25, 0.3) is 22.3 Å². The van der Waals surface area contributed by atoms with Gasteiger partial charge in [-0.1, -0.05) is 67.4 Å². The van der Waals surface area contributed by atoms with Gasteiger partial charge in [0.25, 0.3) is 5.56 Å². The number of rotatable bonds is 8. The Morgan fingerprint density at radius 1 is 1.05 bits per heavy atom. The van der Waals surface area contributed by atoms with Gasteiger partial charge in [-0.2, -0.15) is 9.78 Å². The standard InChI is InChI=1S/C34H31BrClN3O3/c1-20(2)26-17-27(22(4)14-31(26)41-5)33-38-30-9-7-6-8-25(30)34(40)39(33)37-18-24-15-28(35)32(29(36)16-24)42-19-23-12-10-21(3)11-13-23/h6-18,20H,19H2,1-5H3. The van der Waals surface area contributed by atoms with Crippen LogP contribution >= 0.6 is 27.5 Å². The summed E-state index contributed by atoms with van der Waals surface area (Å²) in [5.74, 6) is 1.98. The first-order valence-electron chi connectivity index (χ1n) is 13.6. The Balaban J connectivity index is 1.56. The third-order valence-corrected chi connectivity index (χ3v) is 7.91. The minimum Gasteiger partial charge on any atom is -0.496 e. The van der Waals surface area contributed by atoms with E-state index in [0.29, 0.717) is 44.1 Å². The summed E-state index contributed by atoms with van der Waals surface area (Å²) in [4.78, 5) is 18.7. The Hall–Kier alpha value is -3.94. The van der Waals surface area contributed by atoms with Crippen LogP contribution in [0.15, 0.2) is 87.2 Å². The molecule has 0 radical (unpaired) electrons. The lowest BCUT2D eigenvalue weighted by Crippen LogP contribution is -2.20. The molecule has 1 heterocycles. The fourth-order valence-electron chi connectivity index (χ4n) is 4.73. The molecule has 42 heavy (non-hydrogen) atoms. The summed E-state index contributed by atoms with van der Waals surface area (Å²) in [5, 5.41) is 5.54. The Morgan fingerprint density at radius 2 is 1.79 bits per heavy atom. The van der Waals surface area contributed by atoms with Crippen molar-refractivity contribution in [3.8, 4) is 22.9 Å². The molecule has 0 aliphatic rings. The zero-order chi connectivity index (χ0) is 30.0. The van der Waals surface area contributed by atoms with Crippen molar-refractivity contribution in [2.75, 3.05) is 7.11 Å². The third kappa shape index (κ3) is 6.13. The monoisotopic (exact) mass is 643 g/mol. The zero-order valence-corrected chi connectivity index (χ0v) is 26.5. The summed E-state index contributed by atoms with van der Waals surface area (Å²) >= 11 is 10.2. The van der Waals surface area contributed by atoms with Crippen molar-refractivity contribution >= 4 is 44.6 Å². The third-order valence-electron chi connectivity index (χ3n) is 7.04. The fourth-order valence-corrected chi connectivity index (χ4v) is 5.72. The van der Waals surface area contributed by atoms with E-state index in [1.807, 2.05) is 74.5 Å². The smallest absolute Gasteiger partial charge is 0.282 e. The van der Waals surface area contributed by atoms with Gasteiger partial charge in [0, 0.05) is 5.56 Å². The number of hydrogen-bond donors (Lipinski definition) is 0. The predicted octanol–water partition coefficient (Wildman–Crippen LogP) is 8.69. The summed E-state index contributed by atoms with van der Waals surface area (Å²) < 4.78 is 13.7. The Kier molecular flexibility index (Phi) is 8.80. The second-order valence-corrected chi connectivity index (χ2v) is 11.7. The number of halogens is 2. The van der Waals surface area contributed by atoms with Crippen LogP contribution in [0.1, 0.15) is 47.6 Å². The van der Waals surface area contributed by atoms with Crippen LogP contribution < -0.4 is 15.0 Å². The molecule has 0 bridgehead atoms. The number of aryl methyl sites for hydroxylation is 2. The van der Waals surface area contributed by atoms with E-state index >= 15 is 0 Å². The highest BCUT2D eigenvalue weighted by Crippen LogP contribution is 2.36. The molecule has 0 spiro atoms. The van der Waals surface area contributed by atoms with Gasteiger partial charge in [-0.05, 0) is 94.3 Å².